The molecule has 0 unspecified atom stereocenters. The third-order valence-corrected chi connectivity index (χ3v) is 13.3. The number of rotatable bonds is 10. The van der Waals surface area contributed by atoms with Gasteiger partial charge < -0.3 is 0 Å². The molecule has 0 radical (unpaired) electrons. The summed E-state index contributed by atoms with van der Waals surface area (Å²) in [7, 11) is 0. The molecular formula is C65H43N7. The molecular weight excluding hydrogens is 879 g/mol. The van der Waals surface area contributed by atoms with Gasteiger partial charge in [-0.1, -0.05) is 164 Å². The second-order valence-corrected chi connectivity index (χ2v) is 17.8. The lowest BCUT2D eigenvalue weighted by atomic mass is 9.93. The first kappa shape index (κ1) is 42.3. The zero-order valence-electron chi connectivity index (χ0n) is 39.0. The first-order valence-electron chi connectivity index (χ1n) is 24.1. The monoisotopic (exact) mass is 921 g/mol. The molecule has 7 nitrogen and oxygen atoms in total. The summed E-state index contributed by atoms with van der Waals surface area (Å²) in [6.07, 6.45) is 3.60. The van der Waals surface area contributed by atoms with E-state index in [-0.39, 0.29) is 0 Å². The van der Waals surface area contributed by atoms with Crippen LogP contribution in [0.2, 0.25) is 0 Å². The maximum Gasteiger partial charge on any atom is 0.161 e. The molecule has 0 fully saturated rings. The summed E-state index contributed by atoms with van der Waals surface area (Å²) in [5.74, 6) is 2.38. The molecule has 72 heavy (non-hydrogen) atoms. The van der Waals surface area contributed by atoms with Gasteiger partial charge in [-0.2, -0.15) is 0 Å². The van der Waals surface area contributed by atoms with E-state index >= 15 is 0 Å². The number of para-hydroxylation sites is 6. The van der Waals surface area contributed by atoms with E-state index in [4.69, 9.17) is 19.9 Å². The molecule has 338 valence electrons. The summed E-state index contributed by atoms with van der Waals surface area (Å²) in [5, 5.41) is 0. The van der Waals surface area contributed by atoms with Crippen molar-refractivity contribution < 1.29 is 0 Å². The molecule has 0 bridgehead atoms. The van der Waals surface area contributed by atoms with Crippen LogP contribution in [0, 0.1) is 0 Å². The van der Waals surface area contributed by atoms with Crippen LogP contribution in [-0.4, -0.2) is 34.1 Å². The van der Waals surface area contributed by atoms with Crippen LogP contribution >= 0.6 is 0 Å². The predicted molar refractivity (Wildman–Crippen MR) is 293 cm³/mol. The van der Waals surface area contributed by atoms with Crippen molar-refractivity contribution in [2.45, 2.75) is 0 Å². The van der Waals surface area contributed by atoms with Crippen LogP contribution in [0.4, 0.5) is 0 Å². The molecule has 7 heteroatoms. The minimum absolute atomic E-state index is 0.603. The second kappa shape index (κ2) is 18.2. The van der Waals surface area contributed by atoms with Crippen molar-refractivity contribution in [1.82, 2.24) is 34.1 Å². The van der Waals surface area contributed by atoms with Crippen LogP contribution in [0.5, 0.6) is 0 Å². The molecule has 0 spiro atoms. The molecule has 0 aliphatic rings. The second-order valence-electron chi connectivity index (χ2n) is 17.8. The maximum absolute atomic E-state index is 5.29. The number of aromatic nitrogens is 7. The zero-order chi connectivity index (χ0) is 47.8. The molecule has 0 saturated heterocycles. The average molecular weight is 922 g/mol. The van der Waals surface area contributed by atoms with Crippen LogP contribution in [-0.2, 0) is 0 Å². The Labute approximate surface area is 416 Å². The highest BCUT2D eigenvalue weighted by Gasteiger charge is 2.19. The Kier molecular flexibility index (Phi) is 10.7. The van der Waals surface area contributed by atoms with E-state index in [1.165, 1.54) is 5.56 Å². The summed E-state index contributed by atoms with van der Waals surface area (Å²) in [4.78, 5) is 25.2. The Morgan fingerprint density at radius 1 is 0.264 bits per heavy atom. The molecule has 4 heterocycles. The number of nitrogens with zero attached hydrogens (tertiary/aromatic N) is 7. The number of pyridine rings is 1. The summed E-state index contributed by atoms with van der Waals surface area (Å²) >= 11 is 0. The highest BCUT2D eigenvalue weighted by Crippen LogP contribution is 2.38. The van der Waals surface area contributed by atoms with Gasteiger partial charge in [0.25, 0.3) is 0 Å². The van der Waals surface area contributed by atoms with E-state index in [1.54, 1.807) is 6.20 Å². The van der Waals surface area contributed by atoms with E-state index in [0.29, 0.717) is 5.82 Å². The van der Waals surface area contributed by atoms with E-state index < -0.39 is 0 Å². The summed E-state index contributed by atoms with van der Waals surface area (Å²) in [6.45, 7) is 0. The molecule has 0 aliphatic heterocycles. The Morgan fingerprint density at radius 2 is 0.653 bits per heavy atom. The Morgan fingerprint density at radius 3 is 1.15 bits per heavy atom. The van der Waals surface area contributed by atoms with Gasteiger partial charge in [-0.15, -0.1) is 0 Å². The van der Waals surface area contributed by atoms with Gasteiger partial charge in [0.1, 0.15) is 11.6 Å². The fourth-order valence-corrected chi connectivity index (χ4v) is 9.68. The molecule has 0 amide bonds. The summed E-state index contributed by atoms with van der Waals surface area (Å²) < 4.78 is 4.48. The van der Waals surface area contributed by atoms with Crippen molar-refractivity contribution in [3.05, 3.63) is 261 Å². The largest absolute Gasteiger partial charge is 0.292 e. The minimum atomic E-state index is 0.603. The van der Waals surface area contributed by atoms with Crippen LogP contribution in [0.25, 0.3) is 124 Å². The lowest BCUT2D eigenvalue weighted by Gasteiger charge is -2.14. The molecule has 0 aliphatic carbocycles. The standard InChI is InChI=1S/C65H43N7/c1-4-15-44(16-5-1)45-26-32-48(33-27-45)59-42-60(68-63(67-59)51-17-14-38-66-43-51)54-40-52(46-28-34-49(35-29-46)64-69-57-22-10-12-24-61(57)71(64)55-18-6-2-7-19-55)39-53(41-54)47-30-36-50(37-31-47)65-70-58-23-11-13-25-62(58)72(65)56-20-8-3-9-21-56/h1-43H. The van der Waals surface area contributed by atoms with Gasteiger partial charge >= 0.3 is 0 Å². The van der Waals surface area contributed by atoms with Crippen molar-refractivity contribution in [3.8, 4) is 101 Å². The van der Waals surface area contributed by atoms with Crippen LogP contribution in [0.1, 0.15) is 0 Å². The van der Waals surface area contributed by atoms with Gasteiger partial charge in [0.2, 0.25) is 0 Å². The first-order chi connectivity index (χ1) is 35.7. The van der Waals surface area contributed by atoms with E-state index in [9.17, 15) is 0 Å². The SMILES string of the molecule is c1ccc(-c2ccc(-c3cc(-c4cc(-c5ccc(-c6nc7ccccc7n6-c6ccccc6)cc5)cc(-c5ccc(-c6nc7ccccc7n6-c6ccccc6)cc5)c4)nc(-c4cccnc4)n3)cc2)cc1. The fraction of sp³-hybridized carbons (Fsp3) is 0. The fourth-order valence-electron chi connectivity index (χ4n) is 9.68. The van der Waals surface area contributed by atoms with Gasteiger partial charge in [-0.3, -0.25) is 14.1 Å². The molecule has 13 aromatic rings. The van der Waals surface area contributed by atoms with Crippen molar-refractivity contribution in [3.63, 3.8) is 0 Å². The van der Waals surface area contributed by atoms with Gasteiger partial charge in [0.05, 0.1) is 33.5 Å². The predicted octanol–water partition coefficient (Wildman–Crippen LogP) is 15.9. The number of hydrogen-bond acceptors (Lipinski definition) is 5. The van der Waals surface area contributed by atoms with Gasteiger partial charge in [-0.25, -0.2) is 19.9 Å². The van der Waals surface area contributed by atoms with E-state index in [1.807, 2.05) is 48.7 Å². The topological polar surface area (TPSA) is 74.3 Å². The maximum atomic E-state index is 5.29. The van der Waals surface area contributed by atoms with Crippen molar-refractivity contribution >= 4 is 22.1 Å². The van der Waals surface area contributed by atoms with Crippen molar-refractivity contribution in [1.29, 1.82) is 0 Å². The van der Waals surface area contributed by atoms with E-state index in [0.717, 1.165) is 112 Å². The smallest absolute Gasteiger partial charge is 0.161 e. The van der Waals surface area contributed by atoms with Crippen LogP contribution in [0.3, 0.4) is 0 Å². The summed E-state index contributed by atoms with van der Waals surface area (Å²) in [5.41, 5.74) is 19.1. The highest BCUT2D eigenvalue weighted by molar-refractivity contribution is 5.87. The normalized spacial score (nSPS) is 11.3. The molecule has 0 atom stereocenters. The van der Waals surface area contributed by atoms with Crippen molar-refractivity contribution in [2.24, 2.45) is 0 Å². The van der Waals surface area contributed by atoms with Gasteiger partial charge in [0, 0.05) is 51.6 Å². The Balaban J connectivity index is 0.949. The highest BCUT2D eigenvalue weighted by atomic mass is 15.1. The van der Waals surface area contributed by atoms with Gasteiger partial charge in [-0.05, 0) is 118 Å². The zero-order valence-corrected chi connectivity index (χ0v) is 39.0. The quantitative estimate of drug-likeness (QED) is 0.137. The molecule has 9 aromatic carbocycles. The molecule has 0 N–H and O–H groups in total. The van der Waals surface area contributed by atoms with Crippen LogP contribution in [0.15, 0.2) is 261 Å². The molecule has 4 aromatic heterocycles. The van der Waals surface area contributed by atoms with E-state index in [2.05, 4.69) is 220 Å². The number of imidazole rings is 2. The third kappa shape index (κ3) is 8.00. The Bertz CT molecular complexity index is 3860. The number of benzene rings is 9. The summed E-state index contributed by atoms with van der Waals surface area (Å²) in [6, 6.07) is 86.8. The average Bonchev–Trinajstić information content (AvgIpc) is 4.06. The molecule has 0 saturated carbocycles. The lowest BCUT2D eigenvalue weighted by Crippen LogP contribution is -1.98. The van der Waals surface area contributed by atoms with Crippen molar-refractivity contribution in [2.75, 3.05) is 0 Å². The Hall–Kier alpha value is -9.85. The number of fused-ring (bicyclic) bond motifs is 2. The number of hydrogen-bond donors (Lipinski definition) is 0. The first-order valence-corrected chi connectivity index (χ1v) is 24.1. The minimum Gasteiger partial charge on any atom is -0.292 e. The van der Waals surface area contributed by atoms with Gasteiger partial charge in [0.15, 0.2) is 5.82 Å². The molecule has 13 rings (SSSR count). The van der Waals surface area contributed by atoms with Crippen LogP contribution < -0.4 is 0 Å². The third-order valence-electron chi connectivity index (χ3n) is 13.3. The lowest BCUT2D eigenvalue weighted by molar-refractivity contribution is 1.10.